The first kappa shape index (κ1) is 11.1. The summed E-state index contributed by atoms with van der Waals surface area (Å²) in [5, 5.41) is 3.65. The van der Waals surface area contributed by atoms with E-state index < -0.39 is 0 Å². The number of amides is 1. The van der Waals surface area contributed by atoms with Crippen LogP contribution in [0, 0.1) is 0 Å². The lowest BCUT2D eigenvalue weighted by molar-refractivity contribution is -0.115. The van der Waals surface area contributed by atoms with Crippen molar-refractivity contribution in [3.8, 4) is 0 Å². The molecule has 1 aliphatic heterocycles. The second-order valence-electron chi connectivity index (χ2n) is 5.05. The Balaban J connectivity index is 2.14. The second kappa shape index (κ2) is 3.72. The van der Waals surface area contributed by atoms with Crippen LogP contribution in [0.25, 0.3) is 0 Å². The highest BCUT2D eigenvalue weighted by atomic mass is 35.5. The third kappa shape index (κ3) is 1.57. The van der Waals surface area contributed by atoms with E-state index in [0.717, 1.165) is 29.7 Å². The smallest absolute Gasteiger partial charge is 0.228 e. The predicted molar refractivity (Wildman–Crippen MR) is 68.4 cm³/mol. The van der Waals surface area contributed by atoms with Gasteiger partial charge in [0.2, 0.25) is 5.91 Å². The van der Waals surface area contributed by atoms with Gasteiger partial charge in [-0.05, 0) is 36.1 Å². The van der Waals surface area contributed by atoms with E-state index in [1.807, 2.05) is 12.1 Å². The summed E-state index contributed by atoms with van der Waals surface area (Å²) in [5.74, 6) is 0.0509. The number of hydrogen-bond donors (Lipinski definition) is 2. The van der Waals surface area contributed by atoms with Gasteiger partial charge in [-0.15, -0.1) is 0 Å². The molecule has 1 heterocycles. The van der Waals surface area contributed by atoms with Gasteiger partial charge in [-0.25, -0.2) is 0 Å². The molecule has 0 unspecified atom stereocenters. The maximum Gasteiger partial charge on any atom is 0.228 e. The lowest BCUT2D eigenvalue weighted by Gasteiger charge is -2.42. The molecule has 3 N–H and O–H groups in total. The molecule has 17 heavy (non-hydrogen) atoms. The van der Waals surface area contributed by atoms with E-state index in [4.69, 9.17) is 17.3 Å². The first-order chi connectivity index (χ1) is 8.14. The number of hydrogen-bond acceptors (Lipinski definition) is 2. The van der Waals surface area contributed by atoms with E-state index >= 15 is 0 Å². The Labute approximate surface area is 105 Å². The highest BCUT2D eigenvalue weighted by Crippen LogP contribution is 2.48. The number of nitrogens with two attached hydrogens (primary N) is 1. The molecule has 1 fully saturated rings. The predicted octanol–water partition coefficient (Wildman–Crippen LogP) is 2.21. The molecule has 0 atom stereocenters. The van der Waals surface area contributed by atoms with Crippen molar-refractivity contribution in [1.82, 2.24) is 0 Å². The van der Waals surface area contributed by atoms with Crippen molar-refractivity contribution in [2.24, 2.45) is 5.73 Å². The molecule has 0 spiro atoms. The fourth-order valence-electron chi connectivity index (χ4n) is 2.91. The SMILES string of the molecule is NCC1(c2cc(Cl)cc3c2NC(=O)C3)CCC1. The summed E-state index contributed by atoms with van der Waals surface area (Å²) in [5.41, 5.74) is 9.07. The molecule has 2 aliphatic rings. The molecule has 1 amide bonds. The molecule has 0 saturated heterocycles. The van der Waals surface area contributed by atoms with Crippen LogP contribution in [0.1, 0.15) is 30.4 Å². The number of carbonyl (C=O) groups is 1. The average molecular weight is 251 g/mol. The van der Waals surface area contributed by atoms with E-state index in [0.29, 0.717) is 18.0 Å². The maximum atomic E-state index is 11.5. The molecule has 3 rings (SSSR count). The summed E-state index contributed by atoms with van der Waals surface area (Å²) < 4.78 is 0. The lowest BCUT2D eigenvalue weighted by atomic mass is 9.64. The molecule has 90 valence electrons. The lowest BCUT2D eigenvalue weighted by Crippen LogP contribution is -2.42. The van der Waals surface area contributed by atoms with Gasteiger partial charge < -0.3 is 11.1 Å². The van der Waals surface area contributed by atoms with Gasteiger partial charge in [-0.1, -0.05) is 18.0 Å². The number of rotatable bonds is 2. The minimum Gasteiger partial charge on any atom is -0.330 e. The van der Waals surface area contributed by atoms with E-state index in [1.54, 1.807) is 0 Å². The van der Waals surface area contributed by atoms with Crippen molar-refractivity contribution in [3.63, 3.8) is 0 Å². The molecule has 4 heteroatoms. The van der Waals surface area contributed by atoms with E-state index in [-0.39, 0.29) is 11.3 Å². The molecule has 0 radical (unpaired) electrons. The molecule has 3 nitrogen and oxygen atoms in total. The zero-order valence-corrected chi connectivity index (χ0v) is 10.3. The Kier molecular flexibility index (Phi) is 2.42. The van der Waals surface area contributed by atoms with Gasteiger partial charge in [0.25, 0.3) is 0 Å². The van der Waals surface area contributed by atoms with Gasteiger partial charge in [0.1, 0.15) is 0 Å². The van der Waals surface area contributed by atoms with Crippen LogP contribution in [0.3, 0.4) is 0 Å². The Morgan fingerprint density at radius 3 is 2.76 bits per heavy atom. The number of carbonyl (C=O) groups excluding carboxylic acids is 1. The van der Waals surface area contributed by atoms with E-state index in [9.17, 15) is 4.79 Å². The van der Waals surface area contributed by atoms with Crippen LogP contribution < -0.4 is 11.1 Å². The number of fused-ring (bicyclic) bond motifs is 1. The normalized spacial score (nSPS) is 20.7. The molecule has 1 saturated carbocycles. The minimum atomic E-state index is 0.0343. The molecule has 0 bridgehead atoms. The average Bonchev–Trinajstić information content (AvgIpc) is 2.57. The zero-order chi connectivity index (χ0) is 12.0. The summed E-state index contributed by atoms with van der Waals surface area (Å²) in [6, 6.07) is 3.85. The third-order valence-corrected chi connectivity index (χ3v) is 4.29. The van der Waals surface area contributed by atoms with E-state index in [2.05, 4.69) is 5.32 Å². The van der Waals surface area contributed by atoms with Crippen LogP contribution >= 0.6 is 11.6 Å². The van der Waals surface area contributed by atoms with Gasteiger partial charge in [0, 0.05) is 22.7 Å². The first-order valence-electron chi connectivity index (χ1n) is 5.97. The standard InChI is InChI=1S/C13H15ClN2O/c14-9-4-8-5-11(17)16-12(8)10(6-9)13(7-15)2-1-3-13/h4,6H,1-3,5,7,15H2,(H,16,17). The highest BCUT2D eigenvalue weighted by Gasteiger charge is 2.41. The van der Waals surface area contributed by atoms with Crippen molar-refractivity contribution in [2.45, 2.75) is 31.1 Å². The number of benzene rings is 1. The minimum absolute atomic E-state index is 0.0343. The molecule has 1 aromatic carbocycles. The van der Waals surface area contributed by atoms with Crippen molar-refractivity contribution >= 4 is 23.2 Å². The summed E-state index contributed by atoms with van der Waals surface area (Å²) in [6.45, 7) is 0.621. The van der Waals surface area contributed by atoms with Crippen molar-refractivity contribution in [2.75, 3.05) is 11.9 Å². The van der Waals surface area contributed by atoms with Crippen LogP contribution in [0.5, 0.6) is 0 Å². The number of halogens is 1. The van der Waals surface area contributed by atoms with Gasteiger partial charge in [-0.2, -0.15) is 0 Å². The van der Waals surface area contributed by atoms with Gasteiger partial charge in [0.05, 0.1) is 6.42 Å². The Hall–Kier alpha value is -1.06. The summed E-state index contributed by atoms with van der Waals surface area (Å²) >= 11 is 6.14. The molecular formula is C13H15ClN2O. The fourth-order valence-corrected chi connectivity index (χ4v) is 3.15. The molecule has 1 aliphatic carbocycles. The fraction of sp³-hybridized carbons (Fsp3) is 0.462. The summed E-state index contributed by atoms with van der Waals surface area (Å²) in [4.78, 5) is 11.5. The number of anilines is 1. The Bertz CT molecular complexity index is 489. The van der Waals surface area contributed by atoms with Crippen molar-refractivity contribution < 1.29 is 4.79 Å². The van der Waals surface area contributed by atoms with Crippen molar-refractivity contribution in [1.29, 1.82) is 0 Å². The monoisotopic (exact) mass is 250 g/mol. The van der Waals surface area contributed by atoms with Gasteiger partial charge >= 0.3 is 0 Å². The third-order valence-electron chi connectivity index (χ3n) is 4.07. The Morgan fingerprint density at radius 2 is 2.18 bits per heavy atom. The quantitative estimate of drug-likeness (QED) is 0.846. The van der Waals surface area contributed by atoms with Crippen LogP contribution in [0.15, 0.2) is 12.1 Å². The summed E-state index contributed by atoms with van der Waals surface area (Å²) in [6.07, 6.45) is 3.81. The van der Waals surface area contributed by atoms with Crippen LogP contribution in [-0.2, 0) is 16.6 Å². The zero-order valence-electron chi connectivity index (χ0n) is 9.55. The highest BCUT2D eigenvalue weighted by molar-refractivity contribution is 6.31. The molecule has 1 aromatic rings. The molecular weight excluding hydrogens is 236 g/mol. The Morgan fingerprint density at radius 1 is 1.41 bits per heavy atom. The largest absolute Gasteiger partial charge is 0.330 e. The summed E-state index contributed by atoms with van der Waals surface area (Å²) in [7, 11) is 0. The number of nitrogens with one attached hydrogen (secondary N) is 1. The van der Waals surface area contributed by atoms with Crippen molar-refractivity contribution in [3.05, 3.63) is 28.3 Å². The van der Waals surface area contributed by atoms with E-state index in [1.165, 1.54) is 6.42 Å². The van der Waals surface area contributed by atoms with Gasteiger partial charge in [-0.3, -0.25) is 4.79 Å². The van der Waals surface area contributed by atoms with Gasteiger partial charge in [0.15, 0.2) is 0 Å². The van der Waals surface area contributed by atoms with Crippen LogP contribution in [0.4, 0.5) is 5.69 Å². The molecule has 0 aromatic heterocycles. The topological polar surface area (TPSA) is 55.1 Å². The maximum absolute atomic E-state index is 11.5. The second-order valence-corrected chi connectivity index (χ2v) is 5.49. The van der Waals surface area contributed by atoms with Crippen LogP contribution in [0.2, 0.25) is 5.02 Å². The first-order valence-corrected chi connectivity index (χ1v) is 6.35. The van der Waals surface area contributed by atoms with Crippen LogP contribution in [-0.4, -0.2) is 12.5 Å².